The van der Waals surface area contributed by atoms with Crippen LogP contribution < -0.4 is 32.0 Å². The van der Waals surface area contributed by atoms with E-state index >= 15 is 0 Å². The lowest BCUT2D eigenvalue weighted by Crippen LogP contribution is -2.46. The van der Waals surface area contributed by atoms with Crippen LogP contribution in [-0.2, 0) is 37.4 Å². The molecule has 6 rings (SSSR count). The number of hydrogen-bond donors (Lipinski definition) is 4. The number of nitrogens with two attached hydrogens (primary N) is 3. The highest BCUT2D eigenvalue weighted by Crippen LogP contribution is 2.42. The van der Waals surface area contributed by atoms with Gasteiger partial charge in [0.15, 0.2) is 23.2 Å². The summed E-state index contributed by atoms with van der Waals surface area (Å²) >= 11 is 0. The number of nitrogens with zero attached hydrogens (tertiary/aromatic N) is 4. The van der Waals surface area contributed by atoms with Crippen molar-refractivity contribution in [3.63, 3.8) is 0 Å². The van der Waals surface area contributed by atoms with Crippen LogP contribution in [0.1, 0.15) is 116 Å². The van der Waals surface area contributed by atoms with Crippen molar-refractivity contribution in [2.45, 2.75) is 110 Å². The van der Waals surface area contributed by atoms with Gasteiger partial charge in [0.2, 0.25) is 11.8 Å². The number of benzene rings is 3. The van der Waals surface area contributed by atoms with Crippen LogP contribution in [0.3, 0.4) is 0 Å². The molecule has 0 saturated heterocycles. The number of Topliss-reactive ketones (excluding diaryl/α,β-unsaturated/α-hetero) is 3. The molecule has 2 amide bonds. The first-order chi connectivity index (χ1) is 32.5. The maximum Gasteiger partial charge on any atom is 0.226 e. The van der Waals surface area contributed by atoms with E-state index < -0.39 is 41.5 Å². The van der Waals surface area contributed by atoms with Crippen LogP contribution in [-0.4, -0.2) is 90.0 Å². The highest BCUT2D eigenvalue weighted by Gasteiger charge is 2.37. The molecule has 7 N–H and O–H groups in total. The van der Waals surface area contributed by atoms with Crippen LogP contribution in [0.15, 0.2) is 54.6 Å². The predicted molar refractivity (Wildman–Crippen MR) is 260 cm³/mol. The summed E-state index contributed by atoms with van der Waals surface area (Å²) in [6.45, 7) is 10.5. The molecule has 15 heteroatoms. The van der Waals surface area contributed by atoms with Crippen LogP contribution in [0.25, 0.3) is 22.5 Å². The Kier molecular flexibility index (Phi) is 17.0. The quantitative estimate of drug-likeness (QED) is 0.0894. The van der Waals surface area contributed by atoms with Gasteiger partial charge in [-0.3, -0.25) is 24.0 Å². The molecule has 1 aliphatic heterocycles. The molecule has 0 fully saturated rings. The fraction of sp³-hybridized carbons (Fsp3) is 0.472. The zero-order valence-electron chi connectivity index (χ0n) is 40.3. The average molecular weight is 927 g/mol. The summed E-state index contributed by atoms with van der Waals surface area (Å²) in [5.74, 6) is -2.60. The first kappa shape index (κ1) is 51.1. The first-order valence-electron chi connectivity index (χ1n) is 23.7. The molecule has 3 aromatic carbocycles. The third-order valence-electron chi connectivity index (χ3n) is 13.2. The van der Waals surface area contributed by atoms with Gasteiger partial charge >= 0.3 is 0 Å². The lowest BCUT2D eigenvalue weighted by Gasteiger charge is -2.32. The molecule has 2 heterocycles. The van der Waals surface area contributed by atoms with Gasteiger partial charge in [0.05, 0.1) is 29.1 Å². The Balaban J connectivity index is 1.38. The van der Waals surface area contributed by atoms with Gasteiger partial charge in [0.1, 0.15) is 30.8 Å². The number of likely N-dealkylation sites (N-methyl/N-ethyl adjacent to an activating group) is 1. The molecule has 0 spiro atoms. The van der Waals surface area contributed by atoms with Gasteiger partial charge in [0, 0.05) is 74.3 Å². The van der Waals surface area contributed by atoms with E-state index in [0.717, 1.165) is 24.8 Å². The number of rotatable bonds is 17. The molecule has 15 nitrogen and oxygen atoms in total. The second-order valence-corrected chi connectivity index (χ2v) is 18.8. The fourth-order valence-electron chi connectivity index (χ4n) is 9.67. The lowest BCUT2D eigenvalue weighted by molar-refractivity contribution is -0.142. The number of aryl methyl sites for hydroxylation is 3. The van der Waals surface area contributed by atoms with E-state index in [1.54, 1.807) is 51.1 Å². The third kappa shape index (κ3) is 11.7. The Bertz CT molecular complexity index is 2560. The van der Waals surface area contributed by atoms with Crippen LogP contribution in [0.4, 0.5) is 0 Å². The summed E-state index contributed by atoms with van der Waals surface area (Å²) in [4.78, 5) is 82.3. The van der Waals surface area contributed by atoms with Crippen molar-refractivity contribution in [3.8, 4) is 40.1 Å². The standard InChI is InChI=1S/C53H66N8O7/c1-31-25-45(64)49(36-13-16-47(68-24-22-57)40(29-36)39-26-34(11-15-46(39)67-23-21-56)27-42(60-51(31)65)43(62)10-8-19-54)61(6)52(66)38(17-20-55)30-44(63)48-32(2)58-50(59-33(48)3)37-12-14-41-35(28-37)9-7-18-53(41,4)5/h11-16,26,28-29,31,38,42,49H,7-10,17-18,20-25,27,30,55-57H2,1-6H3,(H,60,65)/t31-,38-,42+,49+/m1/s1. The van der Waals surface area contributed by atoms with Crippen molar-refractivity contribution in [2.75, 3.05) is 39.9 Å². The van der Waals surface area contributed by atoms with Gasteiger partial charge in [-0.05, 0) is 110 Å². The number of carbonyl (C=O) groups is 5. The van der Waals surface area contributed by atoms with E-state index in [2.05, 4.69) is 31.3 Å². The Morgan fingerprint density at radius 2 is 1.57 bits per heavy atom. The number of amides is 2. The third-order valence-corrected chi connectivity index (χ3v) is 13.2. The lowest BCUT2D eigenvalue weighted by atomic mass is 9.72. The Labute approximate surface area is 399 Å². The zero-order valence-corrected chi connectivity index (χ0v) is 40.3. The number of nitriles is 1. The molecule has 1 aliphatic carbocycles. The highest BCUT2D eigenvalue weighted by atomic mass is 16.5. The number of hydrogen-bond acceptors (Lipinski definition) is 13. The van der Waals surface area contributed by atoms with Crippen molar-refractivity contribution >= 4 is 29.2 Å². The van der Waals surface area contributed by atoms with Crippen molar-refractivity contribution in [3.05, 3.63) is 93.8 Å². The van der Waals surface area contributed by atoms with E-state index in [4.69, 9.17) is 36.6 Å². The highest BCUT2D eigenvalue weighted by molar-refractivity contribution is 6.01. The number of ketones is 3. The van der Waals surface area contributed by atoms with Gasteiger partial charge in [0.25, 0.3) is 0 Å². The second kappa shape index (κ2) is 22.6. The molecule has 4 atom stereocenters. The minimum Gasteiger partial charge on any atom is -0.492 e. The van der Waals surface area contributed by atoms with Crippen LogP contribution >= 0.6 is 0 Å². The molecule has 1 aromatic heterocycles. The van der Waals surface area contributed by atoms with Gasteiger partial charge in [-0.1, -0.05) is 45.0 Å². The van der Waals surface area contributed by atoms with Crippen LogP contribution in [0.2, 0.25) is 0 Å². The van der Waals surface area contributed by atoms with Crippen molar-refractivity contribution in [1.82, 2.24) is 20.2 Å². The SMILES string of the molecule is Cc1nc(-c2ccc3c(c2)CCCC3(C)C)nc(C)c1C(=O)C[C@@H](CCN)C(=O)N(C)[C@@H]1C(=O)C[C@@H](C)C(=O)N[C@H](C(=O)CCC#N)Cc2ccc(OCCN)c(c2)-c2cc1ccc2OCCN. The van der Waals surface area contributed by atoms with E-state index in [1.807, 2.05) is 18.2 Å². The van der Waals surface area contributed by atoms with E-state index in [-0.39, 0.29) is 88.4 Å². The summed E-state index contributed by atoms with van der Waals surface area (Å²) < 4.78 is 12.3. The predicted octanol–water partition coefficient (Wildman–Crippen LogP) is 5.96. The maximum absolute atomic E-state index is 14.9. The summed E-state index contributed by atoms with van der Waals surface area (Å²) in [7, 11) is 1.51. The molecular weight excluding hydrogens is 861 g/mol. The maximum atomic E-state index is 14.9. The first-order valence-corrected chi connectivity index (χ1v) is 23.7. The molecule has 0 saturated carbocycles. The van der Waals surface area contributed by atoms with Gasteiger partial charge in [-0.2, -0.15) is 5.26 Å². The Morgan fingerprint density at radius 3 is 2.22 bits per heavy atom. The number of nitrogens with one attached hydrogen (secondary N) is 1. The largest absolute Gasteiger partial charge is 0.492 e. The molecular formula is C53H66N8O7. The fourth-order valence-corrected chi connectivity index (χ4v) is 9.67. The normalized spacial score (nSPS) is 18.3. The average Bonchev–Trinajstić information content (AvgIpc) is 3.30. The van der Waals surface area contributed by atoms with Gasteiger partial charge < -0.3 is 36.9 Å². The summed E-state index contributed by atoms with van der Waals surface area (Å²) in [6, 6.07) is 16.6. The molecule has 4 bridgehead atoms. The van der Waals surface area contributed by atoms with Crippen molar-refractivity contribution in [2.24, 2.45) is 29.0 Å². The Morgan fingerprint density at radius 1 is 0.912 bits per heavy atom. The molecule has 0 unspecified atom stereocenters. The second-order valence-electron chi connectivity index (χ2n) is 18.8. The van der Waals surface area contributed by atoms with Crippen molar-refractivity contribution in [1.29, 1.82) is 5.26 Å². The number of ether oxygens (including phenoxy) is 2. The smallest absolute Gasteiger partial charge is 0.226 e. The molecule has 68 heavy (non-hydrogen) atoms. The Hall–Kier alpha value is -6.34. The van der Waals surface area contributed by atoms with Crippen molar-refractivity contribution < 1.29 is 33.4 Å². The van der Waals surface area contributed by atoms with E-state index in [1.165, 1.54) is 23.1 Å². The monoisotopic (exact) mass is 927 g/mol. The summed E-state index contributed by atoms with van der Waals surface area (Å²) in [5.41, 5.74) is 24.9. The minimum absolute atomic E-state index is 0.0303. The number of fused-ring (bicyclic) bond motifs is 6. The topological polar surface area (TPSA) is 247 Å². The number of aromatic nitrogens is 2. The summed E-state index contributed by atoms with van der Waals surface area (Å²) in [5, 5.41) is 12.1. The zero-order chi connectivity index (χ0) is 49.3. The summed E-state index contributed by atoms with van der Waals surface area (Å²) in [6.07, 6.45) is 2.83. The van der Waals surface area contributed by atoms with Crippen LogP contribution in [0.5, 0.6) is 11.5 Å². The molecule has 4 aromatic rings. The molecule has 2 aliphatic rings. The van der Waals surface area contributed by atoms with Gasteiger partial charge in [-0.15, -0.1) is 0 Å². The van der Waals surface area contributed by atoms with E-state index in [9.17, 15) is 29.2 Å². The van der Waals surface area contributed by atoms with Crippen LogP contribution in [0, 0.1) is 37.0 Å². The minimum atomic E-state index is -1.24. The molecule has 0 radical (unpaired) electrons. The van der Waals surface area contributed by atoms with Gasteiger partial charge in [-0.25, -0.2) is 9.97 Å². The number of carbonyl (C=O) groups excluding carboxylic acids is 5. The van der Waals surface area contributed by atoms with E-state index in [0.29, 0.717) is 56.5 Å². The molecule has 360 valence electrons.